The third-order valence-corrected chi connectivity index (χ3v) is 7.22. The number of aliphatic hydroxyl groups excluding tert-OH is 1. The van der Waals surface area contributed by atoms with Gasteiger partial charge in [0.25, 0.3) is 5.91 Å². The van der Waals surface area contributed by atoms with Gasteiger partial charge in [-0.1, -0.05) is 11.6 Å². The molecule has 3 aromatic rings. The first-order valence-corrected chi connectivity index (χ1v) is 11.6. The molecule has 9 heteroatoms. The van der Waals surface area contributed by atoms with Gasteiger partial charge in [0.2, 0.25) is 0 Å². The number of halogens is 2. The number of nitrogens with zero attached hydrogens (tertiary/aromatic N) is 4. The minimum absolute atomic E-state index is 0.0399. The summed E-state index contributed by atoms with van der Waals surface area (Å²) in [4.78, 5) is 19.7. The molecule has 0 atom stereocenters. The molecule has 0 radical (unpaired) electrons. The van der Waals surface area contributed by atoms with Crippen LogP contribution in [0.4, 0.5) is 4.39 Å². The summed E-state index contributed by atoms with van der Waals surface area (Å²) >= 11 is 6.32. The third-order valence-electron chi connectivity index (χ3n) is 6.67. The van der Waals surface area contributed by atoms with E-state index < -0.39 is 5.82 Å². The Morgan fingerprint density at radius 1 is 1.30 bits per heavy atom. The van der Waals surface area contributed by atoms with E-state index in [2.05, 4.69) is 10.1 Å². The highest BCUT2D eigenvalue weighted by Gasteiger charge is 2.34. The fourth-order valence-corrected chi connectivity index (χ4v) is 4.89. The first kappa shape index (κ1) is 22.1. The highest BCUT2D eigenvalue weighted by atomic mass is 35.5. The van der Waals surface area contributed by atoms with Gasteiger partial charge in [0.1, 0.15) is 11.6 Å². The summed E-state index contributed by atoms with van der Waals surface area (Å²) in [6.07, 6.45) is 3.40. The molecule has 7 nitrogen and oxygen atoms in total. The number of aliphatic hydroxyl groups is 1. The molecule has 1 aliphatic heterocycles. The number of aryl methyl sites for hydroxylation is 2. The summed E-state index contributed by atoms with van der Waals surface area (Å²) in [6.45, 7) is 4.65. The molecule has 1 aromatic carbocycles. The van der Waals surface area contributed by atoms with Crippen molar-refractivity contribution in [2.24, 2.45) is 5.92 Å². The predicted molar refractivity (Wildman–Crippen MR) is 121 cm³/mol. The number of fused-ring (bicyclic) bond motifs is 3. The maximum absolute atomic E-state index is 14.0. The van der Waals surface area contributed by atoms with E-state index >= 15 is 0 Å². The summed E-state index contributed by atoms with van der Waals surface area (Å²) in [7, 11) is 0. The second-order valence-corrected chi connectivity index (χ2v) is 9.38. The first-order chi connectivity index (χ1) is 15.9. The lowest BCUT2D eigenvalue weighted by molar-refractivity contribution is 0.0537. The van der Waals surface area contributed by atoms with Crippen LogP contribution in [0.1, 0.15) is 58.7 Å². The largest absolute Gasteiger partial charge is 0.489 e. The van der Waals surface area contributed by atoms with Gasteiger partial charge < -0.3 is 14.7 Å². The molecule has 3 heterocycles. The number of ether oxygens (including phenoxy) is 1. The van der Waals surface area contributed by atoms with Gasteiger partial charge in [0.05, 0.1) is 46.9 Å². The van der Waals surface area contributed by atoms with Crippen LogP contribution in [0, 0.1) is 25.6 Å². The minimum Gasteiger partial charge on any atom is -0.489 e. The minimum atomic E-state index is -0.438. The van der Waals surface area contributed by atoms with E-state index in [-0.39, 0.29) is 24.4 Å². The second kappa shape index (κ2) is 8.57. The van der Waals surface area contributed by atoms with E-state index in [0.717, 1.165) is 48.3 Å². The smallest absolute Gasteiger partial charge is 0.258 e. The van der Waals surface area contributed by atoms with Crippen molar-refractivity contribution in [2.75, 3.05) is 6.61 Å². The SMILES string of the molecule is Cc1nc2c3c(nn2c(C)c1Cl)CN(C(=O)c1ccc(F)cc1OC1CC(CCCO)C1)C3. The summed E-state index contributed by atoms with van der Waals surface area (Å²) in [5.41, 5.74) is 4.29. The van der Waals surface area contributed by atoms with Crippen LogP contribution in [0.2, 0.25) is 5.02 Å². The van der Waals surface area contributed by atoms with Gasteiger partial charge in [-0.15, -0.1) is 0 Å². The molecule has 33 heavy (non-hydrogen) atoms. The van der Waals surface area contributed by atoms with E-state index in [1.165, 1.54) is 18.2 Å². The maximum atomic E-state index is 14.0. The van der Waals surface area contributed by atoms with Gasteiger partial charge in [0, 0.05) is 18.2 Å². The fourth-order valence-electron chi connectivity index (χ4n) is 4.76. The van der Waals surface area contributed by atoms with Gasteiger partial charge in [-0.3, -0.25) is 4.79 Å². The number of carbonyl (C=O) groups excluding carboxylic acids is 1. The highest BCUT2D eigenvalue weighted by molar-refractivity contribution is 6.31. The number of benzene rings is 1. The predicted octanol–water partition coefficient (Wildman–Crippen LogP) is 4.22. The molecule has 1 N–H and O–H groups in total. The van der Waals surface area contributed by atoms with Crippen LogP contribution in [0.3, 0.4) is 0 Å². The van der Waals surface area contributed by atoms with E-state index in [4.69, 9.17) is 21.4 Å². The van der Waals surface area contributed by atoms with E-state index in [1.54, 1.807) is 9.42 Å². The molecule has 174 valence electrons. The molecule has 5 rings (SSSR count). The van der Waals surface area contributed by atoms with Crippen molar-refractivity contribution in [3.8, 4) is 5.75 Å². The Hall–Kier alpha value is -2.71. The average Bonchev–Trinajstić information content (AvgIpc) is 3.32. The first-order valence-electron chi connectivity index (χ1n) is 11.2. The Balaban J connectivity index is 1.34. The van der Waals surface area contributed by atoms with Crippen LogP contribution in [-0.2, 0) is 13.1 Å². The molecule has 2 aliphatic rings. The van der Waals surface area contributed by atoms with Crippen LogP contribution in [0.25, 0.3) is 5.65 Å². The fraction of sp³-hybridized carbons (Fsp3) is 0.458. The maximum Gasteiger partial charge on any atom is 0.258 e. The van der Waals surface area contributed by atoms with Crippen molar-refractivity contribution < 1.29 is 19.0 Å². The van der Waals surface area contributed by atoms with Crippen molar-refractivity contribution in [3.63, 3.8) is 0 Å². The van der Waals surface area contributed by atoms with Crippen LogP contribution in [0.5, 0.6) is 5.75 Å². The van der Waals surface area contributed by atoms with Gasteiger partial charge in [-0.05, 0) is 57.6 Å². The van der Waals surface area contributed by atoms with Crippen molar-refractivity contribution in [1.29, 1.82) is 0 Å². The molecular weight excluding hydrogens is 447 g/mol. The van der Waals surface area contributed by atoms with E-state index in [0.29, 0.717) is 35.2 Å². The monoisotopic (exact) mass is 472 g/mol. The highest BCUT2D eigenvalue weighted by Crippen LogP contribution is 2.37. The van der Waals surface area contributed by atoms with E-state index in [9.17, 15) is 9.18 Å². The van der Waals surface area contributed by atoms with Crippen LogP contribution in [0.15, 0.2) is 18.2 Å². The number of aromatic nitrogens is 3. The molecule has 1 saturated carbocycles. The summed E-state index contributed by atoms with van der Waals surface area (Å²) in [5, 5.41) is 14.2. The lowest BCUT2D eigenvalue weighted by atomic mass is 9.79. The number of hydrogen-bond acceptors (Lipinski definition) is 5. The van der Waals surface area contributed by atoms with Gasteiger partial charge >= 0.3 is 0 Å². The summed E-state index contributed by atoms with van der Waals surface area (Å²) in [6, 6.07) is 4.07. The van der Waals surface area contributed by atoms with Crippen LogP contribution in [-0.4, -0.2) is 43.2 Å². The average molecular weight is 473 g/mol. The van der Waals surface area contributed by atoms with Crippen molar-refractivity contribution >= 4 is 23.2 Å². The third kappa shape index (κ3) is 3.95. The Labute approximate surface area is 196 Å². The molecule has 1 fully saturated rings. The van der Waals surface area contributed by atoms with Gasteiger partial charge in [-0.25, -0.2) is 13.9 Å². The van der Waals surface area contributed by atoms with Crippen molar-refractivity contribution in [3.05, 3.63) is 57.2 Å². The Bertz CT molecular complexity index is 1240. The molecule has 0 spiro atoms. The molecule has 0 bridgehead atoms. The number of amides is 1. The normalized spacial score (nSPS) is 19.6. The Morgan fingerprint density at radius 2 is 2.09 bits per heavy atom. The van der Waals surface area contributed by atoms with Crippen molar-refractivity contribution in [1.82, 2.24) is 19.5 Å². The lowest BCUT2D eigenvalue weighted by Gasteiger charge is -2.36. The molecule has 1 aliphatic carbocycles. The molecule has 0 unspecified atom stereocenters. The molecule has 2 aromatic heterocycles. The number of carbonyl (C=O) groups is 1. The molecule has 0 saturated heterocycles. The number of hydrogen-bond donors (Lipinski definition) is 1. The Kier molecular flexibility index (Phi) is 5.74. The molecule has 1 amide bonds. The zero-order valence-electron chi connectivity index (χ0n) is 18.6. The topological polar surface area (TPSA) is 80.0 Å². The lowest BCUT2D eigenvalue weighted by Crippen LogP contribution is -2.35. The second-order valence-electron chi connectivity index (χ2n) is 9.00. The van der Waals surface area contributed by atoms with Gasteiger partial charge in [0.15, 0.2) is 5.65 Å². The Morgan fingerprint density at radius 3 is 2.85 bits per heavy atom. The van der Waals surface area contributed by atoms with Crippen LogP contribution < -0.4 is 4.74 Å². The molecular formula is C24H26ClFN4O3. The number of rotatable bonds is 6. The van der Waals surface area contributed by atoms with Gasteiger partial charge in [-0.2, -0.15) is 5.10 Å². The van der Waals surface area contributed by atoms with E-state index in [1.807, 2.05) is 13.8 Å². The van der Waals surface area contributed by atoms with Crippen LogP contribution >= 0.6 is 11.6 Å². The summed E-state index contributed by atoms with van der Waals surface area (Å²) < 4.78 is 21.8. The zero-order chi connectivity index (χ0) is 23.3. The zero-order valence-corrected chi connectivity index (χ0v) is 19.4. The standard InChI is InChI=1S/C24H26ClFN4O3/c1-13-22(25)14(2)30-23(27-13)19-11-29(12-20(19)28-30)24(32)18-6-5-16(26)10-21(18)33-17-8-15(9-17)4-3-7-31/h5-6,10,15,17,31H,3-4,7-9,11-12H2,1-2H3. The summed E-state index contributed by atoms with van der Waals surface area (Å²) in [5.74, 6) is 0.125. The quantitative estimate of drug-likeness (QED) is 0.581. The van der Waals surface area contributed by atoms with Crippen molar-refractivity contribution in [2.45, 2.75) is 58.7 Å².